The molecular weight excluding hydrogens is 258 g/mol. The van der Waals surface area contributed by atoms with E-state index in [0.29, 0.717) is 11.6 Å². The van der Waals surface area contributed by atoms with E-state index in [1.807, 2.05) is 36.4 Å². The number of benzene rings is 2. The van der Waals surface area contributed by atoms with Crippen molar-refractivity contribution in [3.05, 3.63) is 70.2 Å². The van der Waals surface area contributed by atoms with Crippen LogP contribution in [-0.4, -0.2) is 6.21 Å². The summed E-state index contributed by atoms with van der Waals surface area (Å²) in [4.78, 5) is 5.25. The molecule has 0 bridgehead atoms. The summed E-state index contributed by atoms with van der Waals surface area (Å²) in [6.07, 6.45) is 2.75. The first-order valence-electron chi connectivity index (χ1n) is 6.27. The van der Waals surface area contributed by atoms with Gasteiger partial charge < -0.3 is 4.84 Å². The second-order valence-electron chi connectivity index (χ2n) is 4.19. The Hall–Kier alpha value is -1.80. The van der Waals surface area contributed by atoms with Gasteiger partial charge in [-0.1, -0.05) is 66.1 Å². The molecule has 98 valence electrons. The van der Waals surface area contributed by atoms with Gasteiger partial charge in [0.2, 0.25) is 0 Å². The van der Waals surface area contributed by atoms with Gasteiger partial charge in [0.05, 0.1) is 6.21 Å². The first-order valence-corrected chi connectivity index (χ1v) is 6.65. The molecule has 0 aliphatic carbocycles. The van der Waals surface area contributed by atoms with Crippen LogP contribution in [-0.2, 0) is 17.9 Å². The van der Waals surface area contributed by atoms with Crippen molar-refractivity contribution in [1.82, 2.24) is 0 Å². The van der Waals surface area contributed by atoms with Gasteiger partial charge in [-0.25, -0.2) is 0 Å². The normalized spacial score (nSPS) is 10.8. The predicted molar refractivity (Wildman–Crippen MR) is 79.7 cm³/mol. The first kappa shape index (κ1) is 13.6. The number of hydrogen-bond acceptors (Lipinski definition) is 2. The number of aryl methyl sites for hydroxylation is 1. The van der Waals surface area contributed by atoms with Crippen molar-refractivity contribution in [2.75, 3.05) is 0 Å². The van der Waals surface area contributed by atoms with Gasteiger partial charge in [0.15, 0.2) is 0 Å². The molecule has 0 aliphatic heterocycles. The van der Waals surface area contributed by atoms with Crippen LogP contribution in [0.15, 0.2) is 53.7 Å². The lowest BCUT2D eigenvalue weighted by molar-refractivity contribution is 0.132. The SMILES string of the molecule is CCc1ccc(C=NOCc2ccccc2Cl)cc1. The second-order valence-corrected chi connectivity index (χ2v) is 4.60. The summed E-state index contributed by atoms with van der Waals surface area (Å²) in [5.41, 5.74) is 3.27. The average Bonchev–Trinajstić information content (AvgIpc) is 2.46. The van der Waals surface area contributed by atoms with E-state index in [2.05, 4.69) is 24.2 Å². The molecule has 0 N–H and O–H groups in total. The molecule has 0 aromatic heterocycles. The minimum absolute atomic E-state index is 0.378. The van der Waals surface area contributed by atoms with E-state index in [1.165, 1.54) is 5.56 Å². The Kier molecular flexibility index (Phi) is 4.99. The van der Waals surface area contributed by atoms with Gasteiger partial charge >= 0.3 is 0 Å². The molecule has 2 nitrogen and oxygen atoms in total. The van der Waals surface area contributed by atoms with E-state index in [4.69, 9.17) is 16.4 Å². The lowest BCUT2D eigenvalue weighted by atomic mass is 10.1. The minimum Gasteiger partial charge on any atom is -0.391 e. The summed E-state index contributed by atoms with van der Waals surface area (Å²) in [6.45, 7) is 2.51. The topological polar surface area (TPSA) is 21.6 Å². The molecule has 0 spiro atoms. The van der Waals surface area contributed by atoms with Gasteiger partial charge in [-0.3, -0.25) is 0 Å². The van der Waals surface area contributed by atoms with Crippen LogP contribution in [0.1, 0.15) is 23.6 Å². The Morgan fingerprint density at radius 2 is 1.84 bits per heavy atom. The zero-order chi connectivity index (χ0) is 13.5. The summed E-state index contributed by atoms with van der Waals surface area (Å²) in [5.74, 6) is 0. The molecule has 0 aliphatic rings. The van der Waals surface area contributed by atoms with Crippen LogP contribution in [0.25, 0.3) is 0 Å². The number of nitrogens with zero attached hydrogens (tertiary/aromatic N) is 1. The number of halogens is 1. The summed E-state index contributed by atoms with van der Waals surface area (Å²) in [5, 5.41) is 4.65. The monoisotopic (exact) mass is 273 g/mol. The molecule has 0 fully saturated rings. The Labute approximate surface area is 118 Å². The molecule has 2 aromatic rings. The molecule has 0 saturated heterocycles. The Morgan fingerprint density at radius 3 is 2.53 bits per heavy atom. The van der Waals surface area contributed by atoms with Crippen molar-refractivity contribution in [2.45, 2.75) is 20.0 Å². The van der Waals surface area contributed by atoms with Crippen LogP contribution in [0.5, 0.6) is 0 Å². The Morgan fingerprint density at radius 1 is 1.11 bits per heavy atom. The highest BCUT2D eigenvalue weighted by atomic mass is 35.5. The molecule has 0 saturated carbocycles. The third-order valence-electron chi connectivity index (χ3n) is 2.84. The summed E-state index contributed by atoms with van der Waals surface area (Å²) in [7, 11) is 0. The summed E-state index contributed by atoms with van der Waals surface area (Å²) >= 11 is 6.02. The molecule has 0 heterocycles. The highest BCUT2D eigenvalue weighted by molar-refractivity contribution is 6.31. The van der Waals surface area contributed by atoms with Gasteiger partial charge in [-0.05, 0) is 23.6 Å². The van der Waals surface area contributed by atoms with Crippen molar-refractivity contribution in [2.24, 2.45) is 5.16 Å². The fourth-order valence-electron chi connectivity index (χ4n) is 1.66. The standard InChI is InChI=1S/C16H16ClNO/c1-2-13-7-9-14(10-8-13)11-18-19-12-15-5-3-4-6-16(15)17/h3-11H,2,12H2,1H3. The fourth-order valence-corrected chi connectivity index (χ4v) is 1.85. The van der Waals surface area contributed by atoms with E-state index in [1.54, 1.807) is 6.21 Å². The molecule has 2 aromatic carbocycles. The second kappa shape index (κ2) is 6.95. The largest absolute Gasteiger partial charge is 0.391 e. The maximum Gasteiger partial charge on any atom is 0.143 e. The van der Waals surface area contributed by atoms with E-state index in [-0.39, 0.29) is 0 Å². The fraction of sp³-hybridized carbons (Fsp3) is 0.188. The van der Waals surface area contributed by atoms with Gasteiger partial charge in [0.1, 0.15) is 6.61 Å². The third-order valence-corrected chi connectivity index (χ3v) is 3.21. The van der Waals surface area contributed by atoms with Gasteiger partial charge in [-0.15, -0.1) is 0 Å². The molecule has 0 radical (unpaired) electrons. The number of rotatable bonds is 5. The molecule has 0 unspecified atom stereocenters. The lowest BCUT2D eigenvalue weighted by Crippen LogP contribution is -1.89. The number of hydrogen-bond donors (Lipinski definition) is 0. The maximum absolute atomic E-state index is 6.02. The number of oxime groups is 1. The molecular formula is C16H16ClNO. The summed E-state index contributed by atoms with van der Waals surface area (Å²) < 4.78 is 0. The van der Waals surface area contributed by atoms with Crippen LogP contribution in [0.2, 0.25) is 5.02 Å². The van der Waals surface area contributed by atoms with Crippen LogP contribution >= 0.6 is 11.6 Å². The Bertz CT molecular complexity index is 549. The third kappa shape index (κ3) is 4.11. The molecule has 0 atom stereocenters. The van der Waals surface area contributed by atoms with Crippen molar-refractivity contribution in [3.63, 3.8) is 0 Å². The Balaban J connectivity index is 1.88. The minimum atomic E-state index is 0.378. The smallest absolute Gasteiger partial charge is 0.143 e. The van der Waals surface area contributed by atoms with Crippen molar-refractivity contribution < 1.29 is 4.84 Å². The zero-order valence-corrected chi connectivity index (χ0v) is 11.6. The first-order chi connectivity index (χ1) is 9.29. The highest BCUT2D eigenvalue weighted by Gasteiger charge is 1.97. The zero-order valence-electron chi connectivity index (χ0n) is 10.8. The van der Waals surface area contributed by atoms with Crippen LogP contribution < -0.4 is 0 Å². The molecule has 2 rings (SSSR count). The van der Waals surface area contributed by atoms with E-state index < -0.39 is 0 Å². The van der Waals surface area contributed by atoms with Crippen molar-refractivity contribution >= 4 is 17.8 Å². The molecule has 3 heteroatoms. The van der Waals surface area contributed by atoms with Crippen LogP contribution in [0.3, 0.4) is 0 Å². The van der Waals surface area contributed by atoms with Crippen molar-refractivity contribution in [3.8, 4) is 0 Å². The molecule has 0 amide bonds. The van der Waals surface area contributed by atoms with Crippen LogP contribution in [0.4, 0.5) is 0 Å². The van der Waals surface area contributed by atoms with Gasteiger partial charge in [-0.2, -0.15) is 0 Å². The lowest BCUT2D eigenvalue weighted by Gasteiger charge is -2.02. The van der Waals surface area contributed by atoms with E-state index in [0.717, 1.165) is 17.5 Å². The van der Waals surface area contributed by atoms with Crippen LogP contribution in [0, 0.1) is 0 Å². The van der Waals surface area contributed by atoms with Crippen molar-refractivity contribution in [1.29, 1.82) is 0 Å². The van der Waals surface area contributed by atoms with Gasteiger partial charge in [0, 0.05) is 10.6 Å². The van der Waals surface area contributed by atoms with Gasteiger partial charge in [0.25, 0.3) is 0 Å². The van der Waals surface area contributed by atoms with E-state index >= 15 is 0 Å². The highest BCUT2D eigenvalue weighted by Crippen LogP contribution is 2.15. The average molecular weight is 274 g/mol. The predicted octanol–water partition coefficient (Wildman–Crippen LogP) is 4.45. The molecule has 19 heavy (non-hydrogen) atoms. The maximum atomic E-state index is 6.02. The summed E-state index contributed by atoms with van der Waals surface area (Å²) in [6, 6.07) is 15.8. The quantitative estimate of drug-likeness (QED) is 0.582. The van der Waals surface area contributed by atoms with E-state index in [9.17, 15) is 0 Å².